The van der Waals surface area contributed by atoms with Crippen LogP contribution in [0.15, 0.2) is 72.2 Å². The van der Waals surface area contributed by atoms with Crippen molar-refractivity contribution >= 4 is 46.6 Å². The van der Waals surface area contributed by atoms with Crippen molar-refractivity contribution in [2.45, 2.75) is 143 Å². The number of hydrogen-bond donors (Lipinski definition) is 4. The van der Waals surface area contributed by atoms with Gasteiger partial charge in [0.05, 0.1) is 45.4 Å². The fraction of sp³-hybridized carbons (Fsp3) is 0.536. The third-order valence-corrected chi connectivity index (χ3v) is 17.0. The smallest absolute Gasteiger partial charge is 0.251 e. The summed E-state index contributed by atoms with van der Waals surface area (Å²) >= 11 is 7.86. The second-order valence-electron chi connectivity index (χ2n) is 22.8. The topological polar surface area (TPSA) is 180 Å². The Morgan fingerprint density at radius 1 is 0.958 bits per heavy atom. The number of aliphatic hydroxyl groups is 1. The molecule has 1 saturated carbocycles. The summed E-state index contributed by atoms with van der Waals surface area (Å²) in [4.78, 5) is 67.2. The first-order valence-electron chi connectivity index (χ1n) is 25.4. The molecule has 384 valence electrons. The summed E-state index contributed by atoms with van der Waals surface area (Å²) in [6.07, 6.45) is 3.05. The second kappa shape index (κ2) is 21.2. The number of rotatable bonds is 16. The largest absolute Gasteiger partial charge is 0.489 e. The Morgan fingerprint density at radius 2 is 1.62 bits per heavy atom. The lowest BCUT2D eigenvalue weighted by atomic mass is 9.49. The maximum atomic E-state index is 14.4. The molecule has 14 nitrogen and oxygen atoms in total. The van der Waals surface area contributed by atoms with E-state index in [1.54, 1.807) is 29.5 Å². The number of piperazine rings is 1. The minimum absolute atomic E-state index is 0.0143. The number of β-amino-alcohol motifs (C(OH)–C–C–N with tert-alkyl or cyclic N) is 1. The maximum Gasteiger partial charge on any atom is 0.251 e. The van der Waals surface area contributed by atoms with Crippen molar-refractivity contribution in [2.75, 3.05) is 32.7 Å². The molecule has 4 fully saturated rings. The lowest BCUT2D eigenvalue weighted by Gasteiger charge is -2.63. The molecule has 0 radical (unpaired) electrons. The SMILES string of the molecule is Cc1ncsc1-c1ccc([C@H](C)NC(=O)[C@@H]2C[C@@H](O)CN2C(=O)[C@@H](NC(=O)CN2C[C@@H]3CC[C@@H](C2)N3CCCc2ccc(C(=O)NC3C(C)(C)C(Oc4ccc(C#N)c(Cl)c4)C3(C)C)cc2)C(C)(C)C)cc1. The Hall–Kier alpha value is -5.37. The second-order valence-corrected chi connectivity index (χ2v) is 24.1. The van der Waals surface area contributed by atoms with Gasteiger partial charge in [-0.25, -0.2) is 4.98 Å². The molecule has 6 atom stereocenters. The number of halogens is 1. The van der Waals surface area contributed by atoms with Gasteiger partial charge in [-0.3, -0.25) is 29.0 Å². The van der Waals surface area contributed by atoms with E-state index in [0.717, 1.165) is 67.0 Å². The minimum atomic E-state index is -0.898. The fourth-order valence-electron chi connectivity index (χ4n) is 12.1. The zero-order valence-corrected chi connectivity index (χ0v) is 44.7. The summed E-state index contributed by atoms with van der Waals surface area (Å²) in [5.74, 6) is -0.476. The molecule has 3 saturated heterocycles. The van der Waals surface area contributed by atoms with Gasteiger partial charge in [-0.1, -0.05) is 96.5 Å². The van der Waals surface area contributed by atoms with Crippen molar-refractivity contribution < 1.29 is 29.0 Å². The van der Waals surface area contributed by atoms with E-state index in [2.05, 4.69) is 64.5 Å². The van der Waals surface area contributed by atoms with Crippen LogP contribution in [0.25, 0.3) is 10.4 Å². The first-order valence-corrected chi connectivity index (χ1v) is 26.6. The predicted octanol–water partition coefficient (Wildman–Crippen LogP) is 7.71. The number of ether oxygens (including phenoxy) is 1. The number of thiazole rings is 1. The van der Waals surface area contributed by atoms with Crippen LogP contribution in [0, 0.1) is 34.5 Å². The van der Waals surface area contributed by atoms with Crippen LogP contribution in [0.2, 0.25) is 5.02 Å². The van der Waals surface area contributed by atoms with Crippen LogP contribution >= 0.6 is 22.9 Å². The molecule has 4 heterocycles. The fourth-order valence-corrected chi connectivity index (χ4v) is 13.1. The van der Waals surface area contributed by atoms with Gasteiger partial charge in [-0.05, 0) is 92.4 Å². The number of carbonyl (C=O) groups is 4. The molecule has 4 N–H and O–H groups in total. The van der Waals surface area contributed by atoms with E-state index in [-0.39, 0.29) is 72.2 Å². The summed E-state index contributed by atoms with van der Waals surface area (Å²) in [5, 5.41) is 29.8. The third-order valence-electron chi connectivity index (χ3n) is 15.7. The molecular formula is C56H71ClN8O6S. The number of carbonyl (C=O) groups excluding carboxylic acids is 4. The van der Waals surface area contributed by atoms with E-state index >= 15 is 0 Å². The summed E-state index contributed by atoms with van der Waals surface area (Å²) in [7, 11) is 0. The Kier molecular flexibility index (Phi) is 15.6. The molecule has 4 amide bonds. The summed E-state index contributed by atoms with van der Waals surface area (Å²) in [6, 6.07) is 21.5. The Balaban J connectivity index is 0.789. The number of aromatic nitrogens is 1. The number of aliphatic hydroxyl groups excluding tert-OH is 1. The number of aryl methyl sites for hydroxylation is 2. The van der Waals surface area contributed by atoms with Gasteiger partial charge in [0.2, 0.25) is 17.7 Å². The number of nitrogens with one attached hydrogen (secondary N) is 3. The third kappa shape index (κ3) is 11.2. The highest BCUT2D eigenvalue weighted by Gasteiger charge is 2.64. The van der Waals surface area contributed by atoms with E-state index in [0.29, 0.717) is 34.0 Å². The molecule has 2 bridgehead atoms. The first kappa shape index (κ1) is 52.9. The highest BCUT2D eigenvalue weighted by atomic mass is 35.5. The van der Waals surface area contributed by atoms with Crippen molar-refractivity contribution in [3.63, 3.8) is 0 Å². The zero-order valence-electron chi connectivity index (χ0n) is 43.1. The lowest BCUT2D eigenvalue weighted by molar-refractivity contribution is -0.164. The summed E-state index contributed by atoms with van der Waals surface area (Å²) < 4.78 is 6.40. The maximum absolute atomic E-state index is 14.4. The number of nitriles is 1. The zero-order chi connectivity index (χ0) is 51.9. The monoisotopic (exact) mass is 1020 g/mol. The van der Waals surface area contributed by atoms with E-state index < -0.39 is 23.6 Å². The number of likely N-dealkylation sites (tertiary alicyclic amines) is 2. The van der Waals surface area contributed by atoms with Crippen LogP contribution in [-0.2, 0) is 20.8 Å². The highest BCUT2D eigenvalue weighted by molar-refractivity contribution is 7.13. The molecular weight excluding hydrogens is 948 g/mol. The van der Waals surface area contributed by atoms with Crippen molar-refractivity contribution in [1.82, 2.24) is 35.6 Å². The average Bonchev–Trinajstić information content (AvgIpc) is 4.02. The number of amides is 4. The number of nitrogens with zero attached hydrogens (tertiary/aromatic N) is 5. The van der Waals surface area contributed by atoms with Crippen LogP contribution in [0.4, 0.5) is 0 Å². The predicted molar refractivity (Wildman–Crippen MR) is 280 cm³/mol. The molecule has 3 aliphatic heterocycles. The Morgan fingerprint density at radius 3 is 2.22 bits per heavy atom. The van der Waals surface area contributed by atoms with Crippen LogP contribution in [0.5, 0.6) is 5.75 Å². The summed E-state index contributed by atoms with van der Waals surface area (Å²) in [6.45, 7) is 20.6. The first-order chi connectivity index (χ1) is 34.0. The number of benzene rings is 3. The van der Waals surface area contributed by atoms with Crippen molar-refractivity contribution in [2.24, 2.45) is 16.2 Å². The molecule has 16 heteroatoms. The van der Waals surface area contributed by atoms with Gasteiger partial charge >= 0.3 is 0 Å². The van der Waals surface area contributed by atoms with Gasteiger partial charge in [-0.2, -0.15) is 5.26 Å². The van der Waals surface area contributed by atoms with Crippen LogP contribution in [0.3, 0.4) is 0 Å². The standard InChI is InChI=1S/C56H71ClN8O6S/c1-33(36-16-18-37(19-17-36)47-34(2)59-32-72-47)60-50(69)45-25-42(66)30-65(45)51(70)48(54(3,4)5)61-46(67)31-63-28-40-21-22-41(29-63)64(40)24-10-11-35-12-14-38(15-13-35)49(68)62-52-55(6,7)53(56(52,8)9)71-43-23-20-39(27-58)44(57)26-43/h12-20,23,26,32-33,40-42,45,48,52-53,66H,10-11,21-22,24-25,28-31H2,1-9H3,(H,60,69)(H,61,67)(H,62,68)/t33-,40-,41-,42+,45-,48+,52?,53?/m0/s1. The van der Waals surface area contributed by atoms with Gasteiger partial charge in [0.1, 0.15) is 30.0 Å². The van der Waals surface area contributed by atoms with Gasteiger partial charge in [0.15, 0.2) is 0 Å². The van der Waals surface area contributed by atoms with E-state index in [9.17, 15) is 29.5 Å². The molecule has 72 heavy (non-hydrogen) atoms. The quantitative estimate of drug-likeness (QED) is 0.0869. The van der Waals surface area contributed by atoms with Crippen molar-refractivity contribution in [1.29, 1.82) is 5.26 Å². The molecule has 0 spiro atoms. The van der Waals surface area contributed by atoms with Gasteiger partial charge in [0, 0.05) is 66.6 Å². The van der Waals surface area contributed by atoms with Crippen LogP contribution < -0.4 is 20.7 Å². The molecule has 3 aromatic carbocycles. The lowest BCUT2D eigenvalue weighted by Crippen LogP contribution is -2.74. The van der Waals surface area contributed by atoms with Gasteiger partial charge in [0.25, 0.3) is 5.91 Å². The molecule has 8 rings (SSSR count). The van der Waals surface area contributed by atoms with Crippen molar-refractivity contribution in [3.8, 4) is 22.3 Å². The van der Waals surface area contributed by atoms with Crippen LogP contribution in [-0.4, -0.2) is 124 Å². The number of fused-ring (bicyclic) bond motifs is 2. The molecule has 0 unspecified atom stereocenters. The molecule has 1 aromatic heterocycles. The molecule has 4 aliphatic rings. The van der Waals surface area contributed by atoms with E-state index in [4.69, 9.17) is 16.3 Å². The van der Waals surface area contributed by atoms with Gasteiger partial charge < -0.3 is 30.7 Å². The Bertz CT molecular complexity index is 2650. The van der Waals surface area contributed by atoms with E-state index in [1.807, 2.05) is 88.7 Å². The van der Waals surface area contributed by atoms with Crippen molar-refractivity contribution in [3.05, 3.63) is 105 Å². The Labute approximate surface area is 433 Å². The van der Waals surface area contributed by atoms with E-state index in [1.165, 1.54) is 10.5 Å². The minimum Gasteiger partial charge on any atom is -0.489 e. The number of hydrogen-bond acceptors (Lipinski definition) is 11. The average molecular weight is 1020 g/mol. The summed E-state index contributed by atoms with van der Waals surface area (Å²) in [5.41, 5.74) is 5.56. The van der Waals surface area contributed by atoms with Gasteiger partial charge in [-0.15, -0.1) is 11.3 Å². The normalized spacial score (nSPS) is 24.4. The molecule has 4 aromatic rings. The van der Waals surface area contributed by atoms with Crippen LogP contribution in [0.1, 0.15) is 120 Å². The highest BCUT2D eigenvalue weighted by Crippen LogP contribution is 2.55. The molecule has 1 aliphatic carbocycles.